The van der Waals surface area contributed by atoms with Crippen LogP contribution >= 0.6 is 11.8 Å². The van der Waals surface area contributed by atoms with Gasteiger partial charge in [0.2, 0.25) is 18.6 Å². The van der Waals surface area contributed by atoms with E-state index >= 15 is 0 Å². The summed E-state index contributed by atoms with van der Waals surface area (Å²) in [6.07, 6.45) is 0.0242. The van der Waals surface area contributed by atoms with Gasteiger partial charge in [-0.15, -0.1) is 0 Å². The van der Waals surface area contributed by atoms with Gasteiger partial charge in [0.05, 0.1) is 12.2 Å². The van der Waals surface area contributed by atoms with Crippen molar-refractivity contribution >= 4 is 34.4 Å². The molecule has 0 spiro atoms. The van der Waals surface area contributed by atoms with Gasteiger partial charge in [0, 0.05) is 13.0 Å². The minimum atomic E-state index is -0.612. The number of benzene rings is 3. The maximum absolute atomic E-state index is 13.4. The van der Waals surface area contributed by atoms with Crippen molar-refractivity contribution in [3.63, 3.8) is 0 Å². The molecule has 1 N–H and O–H groups in total. The highest BCUT2D eigenvalue weighted by Gasteiger charge is 2.39. The van der Waals surface area contributed by atoms with Gasteiger partial charge in [-0.25, -0.2) is 9.38 Å². The van der Waals surface area contributed by atoms with E-state index in [1.165, 1.54) is 23.9 Å². The monoisotopic (exact) mass is 491 g/mol. The van der Waals surface area contributed by atoms with Crippen LogP contribution in [0.5, 0.6) is 11.5 Å². The van der Waals surface area contributed by atoms with Crippen molar-refractivity contribution in [3.05, 3.63) is 89.7 Å². The Balaban J connectivity index is 1.33. The average Bonchev–Trinajstić information content (AvgIpc) is 3.45. The second-order valence-electron chi connectivity index (χ2n) is 8.06. The van der Waals surface area contributed by atoms with E-state index < -0.39 is 5.25 Å². The van der Waals surface area contributed by atoms with Gasteiger partial charge in [0.1, 0.15) is 11.1 Å². The molecule has 0 unspecified atom stereocenters. The van der Waals surface area contributed by atoms with E-state index in [-0.39, 0.29) is 37.4 Å². The number of fused-ring (bicyclic) bond motifs is 1. The molecule has 2 heterocycles. The second-order valence-corrected chi connectivity index (χ2v) is 9.23. The molecule has 1 saturated heterocycles. The molecule has 0 aliphatic carbocycles. The Hall–Kier alpha value is -3.85. The predicted molar refractivity (Wildman–Crippen MR) is 131 cm³/mol. The molecule has 0 saturated carbocycles. The number of hydrogen-bond donors (Lipinski definition) is 1. The molecule has 0 bridgehead atoms. The van der Waals surface area contributed by atoms with Crippen molar-refractivity contribution in [1.29, 1.82) is 0 Å². The second kappa shape index (κ2) is 10.2. The van der Waals surface area contributed by atoms with Crippen LogP contribution in [-0.2, 0) is 22.7 Å². The molecule has 3 aromatic carbocycles. The lowest BCUT2D eigenvalue weighted by molar-refractivity contribution is -0.129. The van der Waals surface area contributed by atoms with E-state index in [2.05, 4.69) is 10.3 Å². The summed E-state index contributed by atoms with van der Waals surface area (Å²) in [5, 5.41) is 2.72. The molecular weight excluding hydrogens is 469 g/mol. The van der Waals surface area contributed by atoms with Crippen LogP contribution in [0.25, 0.3) is 0 Å². The van der Waals surface area contributed by atoms with E-state index in [1.54, 1.807) is 23.1 Å². The third-order valence-electron chi connectivity index (χ3n) is 5.55. The van der Waals surface area contributed by atoms with Gasteiger partial charge in [0.25, 0.3) is 0 Å². The van der Waals surface area contributed by atoms with E-state index in [4.69, 9.17) is 9.47 Å². The highest BCUT2D eigenvalue weighted by Crippen LogP contribution is 2.36. The molecule has 3 aromatic rings. The van der Waals surface area contributed by atoms with Crippen molar-refractivity contribution < 1.29 is 23.5 Å². The van der Waals surface area contributed by atoms with Crippen molar-refractivity contribution in [3.8, 4) is 11.5 Å². The number of carbonyl (C=O) groups excluding carboxylic acids is 2. The van der Waals surface area contributed by atoms with E-state index in [0.29, 0.717) is 28.9 Å². The molecule has 2 aliphatic rings. The minimum Gasteiger partial charge on any atom is -0.454 e. The highest BCUT2D eigenvalue weighted by atomic mass is 32.2. The third kappa shape index (κ3) is 5.46. The van der Waals surface area contributed by atoms with Crippen LogP contribution in [0.4, 0.5) is 10.1 Å². The summed E-state index contributed by atoms with van der Waals surface area (Å²) in [5.74, 6) is 0.489. The molecule has 2 aliphatic heterocycles. The summed E-state index contributed by atoms with van der Waals surface area (Å²) in [5.41, 5.74) is 2.34. The smallest absolute Gasteiger partial charge is 0.242 e. The van der Waals surface area contributed by atoms with Crippen LogP contribution < -0.4 is 14.8 Å². The molecule has 0 aromatic heterocycles. The first kappa shape index (κ1) is 22.9. The number of thioether (sulfide) groups is 1. The number of carbonyl (C=O) groups is 2. The van der Waals surface area contributed by atoms with Crippen molar-refractivity contribution in [2.24, 2.45) is 4.99 Å². The lowest BCUT2D eigenvalue weighted by atomic mass is 10.1. The first-order chi connectivity index (χ1) is 17.0. The zero-order valence-electron chi connectivity index (χ0n) is 18.6. The largest absolute Gasteiger partial charge is 0.454 e. The van der Waals surface area contributed by atoms with E-state index in [0.717, 1.165) is 11.1 Å². The molecule has 1 atom stereocenters. The molecule has 35 heavy (non-hydrogen) atoms. The van der Waals surface area contributed by atoms with Gasteiger partial charge in [-0.3, -0.25) is 14.5 Å². The third-order valence-corrected chi connectivity index (χ3v) is 6.73. The van der Waals surface area contributed by atoms with Crippen molar-refractivity contribution in [2.75, 3.05) is 6.79 Å². The van der Waals surface area contributed by atoms with Gasteiger partial charge in [-0.05, 0) is 47.5 Å². The zero-order chi connectivity index (χ0) is 24.2. The maximum atomic E-state index is 13.4. The summed E-state index contributed by atoms with van der Waals surface area (Å²) >= 11 is 1.24. The lowest BCUT2D eigenvalue weighted by Crippen LogP contribution is -2.34. The standard InChI is InChI=1S/C26H22FN3O4S/c27-19-7-9-20(10-8-19)29-26-30(15-18-6-11-21-22(12-18)34-16-33-21)25(32)23(35-26)13-24(31)28-14-17-4-2-1-3-5-17/h1-12,23H,13-16H2,(H,28,31)/t23-/m0/s1. The zero-order valence-corrected chi connectivity index (χ0v) is 19.5. The Bertz CT molecular complexity index is 1270. The summed E-state index contributed by atoms with van der Waals surface area (Å²) in [6, 6.07) is 20.8. The number of nitrogens with zero attached hydrogens (tertiary/aromatic N) is 2. The summed E-state index contributed by atoms with van der Waals surface area (Å²) in [4.78, 5) is 32.1. The highest BCUT2D eigenvalue weighted by molar-refractivity contribution is 8.15. The van der Waals surface area contributed by atoms with Crippen molar-refractivity contribution in [1.82, 2.24) is 10.2 Å². The number of ether oxygens (including phenoxy) is 2. The first-order valence-corrected chi connectivity index (χ1v) is 11.9. The Kier molecular flexibility index (Phi) is 6.67. The van der Waals surface area contributed by atoms with Crippen LogP contribution in [0, 0.1) is 5.82 Å². The molecule has 178 valence electrons. The van der Waals surface area contributed by atoms with Crippen LogP contribution in [0.3, 0.4) is 0 Å². The Morgan fingerprint density at radius 1 is 1.03 bits per heavy atom. The normalized spacial score (nSPS) is 17.7. The number of amides is 2. The van der Waals surface area contributed by atoms with Crippen molar-refractivity contribution in [2.45, 2.75) is 24.8 Å². The molecule has 5 rings (SSSR count). The summed E-state index contributed by atoms with van der Waals surface area (Å²) < 4.78 is 24.2. The Morgan fingerprint density at radius 2 is 1.80 bits per heavy atom. The van der Waals surface area contributed by atoms with Gasteiger partial charge < -0.3 is 14.8 Å². The fraction of sp³-hybridized carbons (Fsp3) is 0.192. The van der Waals surface area contributed by atoms with Gasteiger partial charge in [-0.1, -0.05) is 48.2 Å². The Morgan fingerprint density at radius 3 is 2.60 bits per heavy atom. The molecule has 0 radical (unpaired) electrons. The van der Waals surface area contributed by atoms with Crippen LogP contribution in [-0.4, -0.2) is 33.9 Å². The lowest BCUT2D eigenvalue weighted by Gasteiger charge is -2.17. The molecule has 9 heteroatoms. The molecule has 7 nitrogen and oxygen atoms in total. The SMILES string of the molecule is O=C(C[C@@H]1SC(=Nc2ccc(F)cc2)N(Cc2ccc3c(c2)OCO3)C1=O)NCc1ccccc1. The van der Waals surface area contributed by atoms with E-state index in [1.807, 2.05) is 42.5 Å². The van der Waals surface area contributed by atoms with Gasteiger partial charge in [0.15, 0.2) is 16.7 Å². The number of rotatable bonds is 7. The van der Waals surface area contributed by atoms with Gasteiger partial charge >= 0.3 is 0 Å². The van der Waals surface area contributed by atoms with Crippen LogP contribution in [0.1, 0.15) is 17.5 Å². The number of halogens is 1. The van der Waals surface area contributed by atoms with E-state index in [9.17, 15) is 14.0 Å². The summed E-state index contributed by atoms with van der Waals surface area (Å²) in [7, 11) is 0. The number of amidine groups is 1. The quantitative estimate of drug-likeness (QED) is 0.530. The summed E-state index contributed by atoms with van der Waals surface area (Å²) in [6.45, 7) is 0.808. The molecular formula is C26H22FN3O4S. The van der Waals surface area contributed by atoms with Gasteiger partial charge in [-0.2, -0.15) is 0 Å². The average molecular weight is 492 g/mol. The van der Waals surface area contributed by atoms with Crippen LogP contribution in [0.2, 0.25) is 0 Å². The first-order valence-electron chi connectivity index (χ1n) is 11.1. The Labute approximate surface area is 205 Å². The minimum absolute atomic E-state index is 0.0242. The number of nitrogens with one attached hydrogen (secondary N) is 1. The topological polar surface area (TPSA) is 80.2 Å². The molecule has 2 amide bonds. The molecule has 1 fully saturated rings. The maximum Gasteiger partial charge on any atom is 0.242 e. The fourth-order valence-corrected chi connectivity index (χ4v) is 4.91. The number of hydrogen-bond acceptors (Lipinski definition) is 6. The fourth-order valence-electron chi connectivity index (χ4n) is 3.76. The number of aliphatic imine (C=N–C) groups is 1. The van der Waals surface area contributed by atoms with Crippen LogP contribution in [0.15, 0.2) is 77.8 Å². The predicted octanol–water partition coefficient (Wildman–Crippen LogP) is 4.39.